The van der Waals surface area contributed by atoms with Crippen LogP contribution in [0.25, 0.3) is 11.1 Å². The lowest BCUT2D eigenvalue weighted by Crippen LogP contribution is -2.26. The van der Waals surface area contributed by atoms with Gasteiger partial charge in [0.15, 0.2) is 11.5 Å². The lowest BCUT2D eigenvalue weighted by Gasteiger charge is -2.13. The van der Waals surface area contributed by atoms with Crippen molar-refractivity contribution in [2.24, 2.45) is 0 Å². The van der Waals surface area contributed by atoms with Gasteiger partial charge in [0.05, 0.1) is 0 Å². The van der Waals surface area contributed by atoms with Crippen molar-refractivity contribution in [2.75, 3.05) is 6.54 Å². The van der Waals surface area contributed by atoms with Gasteiger partial charge < -0.3 is 9.73 Å². The maximum Gasteiger partial charge on any atom is 0.220 e. The van der Waals surface area contributed by atoms with Gasteiger partial charge in [0.1, 0.15) is 5.52 Å². The maximum absolute atomic E-state index is 11.9. The van der Waals surface area contributed by atoms with Crippen LogP contribution in [0.15, 0.2) is 40.3 Å². The summed E-state index contributed by atoms with van der Waals surface area (Å²) in [6.07, 6.45) is 7.99. The van der Waals surface area contributed by atoms with Gasteiger partial charge in [0.25, 0.3) is 0 Å². The third-order valence-corrected chi connectivity index (χ3v) is 3.80. The second kappa shape index (κ2) is 6.57. The molecule has 0 radical (unpaired) electrons. The molecule has 0 bridgehead atoms. The summed E-state index contributed by atoms with van der Waals surface area (Å²) in [7, 11) is 0. The van der Waals surface area contributed by atoms with Crippen molar-refractivity contribution in [2.45, 2.75) is 38.5 Å². The molecule has 0 saturated heterocycles. The zero-order valence-corrected chi connectivity index (χ0v) is 12.1. The predicted molar refractivity (Wildman–Crippen MR) is 81.9 cm³/mol. The SMILES string of the molecule is O=C(CCc1nc2ccccc2o1)NCC1=CCCCC1. The van der Waals surface area contributed by atoms with Crippen LogP contribution in [0.2, 0.25) is 0 Å². The van der Waals surface area contributed by atoms with Crippen molar-refractivity contribution < 1.29 is 9.21 Å². The summed E-state index contributed by atoms with van der Waals surface area (Å²) >= 11 is 0. The van der Waals surface area contributed by atoms with Gasteiger partial charge in [-0.3, -0.25) is 4.79 Å². The second-order valence-electron chi connectivity index (χ2n) is 5.46. The molecule has 0 spiro atoms. The first kappa shape index (κ1) is 13.9. The highest BCUT2D eigenvalue weighted by molar-refractivity contribution is 5.76. The van der Waals surface area contributed by atoms with Crippen LogP contribution in [0, 0.1) is 0 Å². The second-order valence-corrected chi connectivity index (χ2v) is 5.46. The highest BCUT2D eigenvalue weighted by Gasteiger charge is 2.09. The minimum atomic E-state index is 0.0590. The van der Waals surface area contributed by atoms with Gasteiger partial charge in [-0.25, -0.2) is 4.98 Å². The third kappa shape index (κ3) is 3.72. The van der Waals surface area contributed by atoms with E-state index in [0.717, 1.165) is 23.9 Å². The molecule has 3 rings (SSSR count). The van der Waals surface area contributed by atoms with E-state index in [1.807, 2.05) is 24.3 Å². The molecule has 4 nitrogen and oxygen atoms in total. The first-order valence-corrected chi connectivity index (χ1v) is 7.60. The van der Waals surface area contributed by atoms with Gasteiger partial charge >= 0.3 is 0 Å². The van der Waals surface area contributed by atoms with E-state index in [9.17, 15) is 4.79 Å². The molecule has 110 valence electrons. The summed E-state index contributed by atoms with van der Waals surface area (Å²) in [5.41, 5.74) is 2.98. The molecule has 2 aromatic rings. The molecule has 0 saturated carbocycles. The average Bonchev–Trinajstić information content (AvgIpc) is 2.95. The highest BCUT2D eigenvalue weighted by atomic mass is 16.3. The van der Waals surface area contributed by atoms with Crippen LogP contribution >= 0.6 is 0 Å². The molecule has 1 aliphatic carbocycles. The minimum absolute atomic E-state index is 0.0590. The first-order valence-electron chi connectivity index (χ1n) is 7.60. The van der Waals surface area contributed by atoms with Gasteiger partial charge in [-0.15, -0.1) is 0 Å². The van der Waals surface area contributed by atoms with Crippen LogP contribution in [0.3, 0.4) is 0 Å². The molecule has 21 heavy (non-hydrogen) atoms. The number of nitrogens with one attached hydrogen (secondary N) is 1. The molecule has 1 aliphatic rings. The summed E-state index contributed by atoms with van der Waals surface area (Å²) in [6.45, 7) is 0.687. The van der Waals surface area contributed by atoms with E-state index in [1.165, 1.54) is 18.4 Å². The molecular weight excluding hydrogens is 264 g/mol. The number of hydrogen-bond donors (Lipinski definition) is 1. The Morgan fingerprint density at radius 2 is 2.19 bits per heavy atom. The molecule has 1 heterocycles. The van der Waals surface area contributed by atoms with Gasteiger partial charge in [0, 0.05) is 19.4 Å². The van der Waals surface area contributed by atoms with Crippen molar-refractivity contribution in [1.82, 2.24) is 10.3 Å². The molecule has 4 heteroatoms. The molecule has 1 aromatic heterocycles. The van der Waals surface area contributed by atoms with E-state index in [0.29, 0.717) is 25.3 Å². The molecule has 0 unspecified atom stereocenters. The molecule has 0 fully saturated rings. The number of rotatable bonds is 5. The van der Waals surface area contributed by atoms with Crippen molar-refractivity contribution in [3.63, 3.8) is 0 Å². The van der Waals surface area contributed by atoms with Crippen LogP contribution < -0.4 is 5.32 Å². The Kier molecular flexibility index (Phi) is 4.34. The van der Waals surface area contributed by atoms with E-state index in [4.69, 9.17) is 4.42 Å². The van der Waals surface area contributed by atoms with Crippen molar-refractivity contribution >= 4 is 17.0 Å². The summed E-state index contributed by atoms with van der Waals surface area (Å²) in [5.74, 6) is 0.687. The number of aromatic nitrogens is 1. The summed E-state index contributed by atoms with van der Waals surface area (Å²) < 4.78 is 5.61. The Hall–Kier alpha value is -2.10. The number of benzene rings is 1. The normalized spacial score (nSPS) is 15.0. The monoisotopic (exact) mass is 284 g/mol. The van der Waals surface area contributed by atoms with Crippen LogP contribution in [0.4, 0.5) is 0 Å². The molecule has 0 atom stereocenters. The molecule has 0 aliphatic heterocycles. The molecular formula is C17H20N2O2. The number of para-hydroxylation sites is 2. The number of amides is 1. The van der Waals surface area contributed by atoms with E-state index in [1.54, 1.807) is 0 Å². The van der Waals surface area contributed by atoms with E-state index >= 15 is 0 Å². The highest BCUT2D eigenvalue weighted by Crippen LogP contribution is 2.17. The summed E-state index contributed by atoms with van der Waals surface area (Å²) in [5, 5.41) is 2.98. The van der Waals surface area contributed by atoms with E-state index in [-0.39, 0.29) is 5.91 Å². The number of oxazole rings is 1. The Morgan fingerprint density at radius 3 is 3.00 bits per heavy atom. The fourth-order valence-corrected chi connectivity index (χ4v) is 2.61. The topological polar surface area (TPSA) is 55.1 Å². The molecule has 1 N–H and O–H groups in total. The van der Waals surface area contributed by atoms with Crippen LogP contribution in [-0.4, -0.2) is 17.4 Å². The number of aryl methyl sites for hydroxylation is 1. The van der Waals surface area contributed by atoms with Crippen LogP contribution in [0.5, 0.6) is 0 Å². The zero-order chi connectivity index (χ0) is 14.5. The smallest absolute Gasteiger partial charge is 0.220 e. The number of allylic oxidation sites excluding steroid dienone is 1. The van der Waals surface area contributed by atoms with Gasteiger partial charge in [0.2, 0.25) is 5.91 Å². The first-order chi connectivity index (χ1) is 10.3. The van der Waals surface area contributed by atoms with Crippen LogP contribution in [-0.2, 0) is 11.2 Å². The fraction of sp³-hybridized carbons (Fsp3) is 0.412. The van der Waals surface area contributed by atoms with Crippen LogP contribution in [0.1, 0.15) is 38.0 Å². The van der Waals surface area contributed by atoms with E-state index in [2.05, 4.69) is 16.4 Å². The number of hydrogen-bond acceptors (Lipinski definition) is 3. The number of nitrogens with zero attached hydrogens (tertiary/aromatic N) is 1. The zero-order valence-electron chi connectivity index (χ0n) is 12.1. The van der Waals surface area contributed by atoms with Crippen molar-refractivity contribution in [3.8, 4) is 0 Å². The molecule has 1 aromatic carbocycles. The predicted octanol–water partition coefficient (Wildman–Crippen LogP) is 3.38. The quantitative estimate of drug-likeness (QED) is 0.856. The number of fused-ring (bicyclic) bond motifs is 1. The van der Waals surface area contributed by atoms with Crippen molar-refractivity contribution in [3.05, 3.63) is 41.8 Å². The van der Waals surface area contributed by atoms with E-state index < -0.39 is 0 Å². The number of carbonyl (C=O) groups excluding carboxylic acids is 1. The van der Waals surface area contributed by atoms with Gasteiger partial charge in [-0.2, -0.15) is 0 Å². The Bertz CT molecular complexity index is 625. The summed E-state index contributed by atoms with van der Waals surface area (Å²) in [6, 6.07) is 7.65. The minimum Gasteiger partial charge on any atom is -0.441 e. The lowest BCUT2D eigenvalue weighted by molar-refractivity contribution is -0.120. The Labute approximate surface area is 124 Å². The Balaban J connectivity index is 1.47. The summed E-state index contributed by atoms with van der Waals surface area (Å²) in [4.78, 5) is 16.2. The van der Waals surface area contributed by atoms with Gasteiger partial charge in [-0.1, -0.05) is 23.8 Å². The molecule has 1 amide bonds. The standard InChI is InChI=1S/C17H20N2O2/c20-16(18-12-13-6-2-1-3-7-13)10-11-17-19-14-8-4-5-9-15(14)21-17/h4-6,8-9H,1-3,7,10-12H2,(H,18,20). The third-order valence-electron chi connectivity index (χ3n) is 3.80. The Morgan fingerprint density at radius 1 is 1.29 bits per heavy atom. The average molecular weight is 284 g/mol. The van der Waals surface area contributed by atoms with Gasteiger partial charge in [-0.05, 0) is 37.8 Å². The van der Waals surface area contributed by atoms with Crippen molar-refractivity contribution in [1.29, 1.82) is 0 Å². The largest absolute Gasteiger partial charge is 0.441 e. The maximum atomic E-state index is 11.9. The lowest BCUT2D eigenvalue weighted by atomic mass is 10.00. The number of carbonyl (C=O) groups is 1. The fourth-order valence-electron chi connectivity index (χ4n) is 2.61.